The molecule has 37 heavy (non-hydrogen) atoms. The molecular formula is C28H33ClN4O3S. The van der Waals surface area contributed by atoms with Crippen LogP contribution in [0.4, 0.5) is 0 Å². The summed E-state index contributed by atoms with van der Waals surface area (Å²) in [6.07, 6.45) is 9.22. The maximum absolute atomic E-state index is 13.1. The van der Waals surface area contributed by atoms with Gasteiger partial charge in [0.05, 0.1) is 17.1 Å². The first-order chi connectivity index (χ1) is 17.6. The number of allylic oxidation sites excluding steroid dienone is 3. The summed E-state index contributed by atoms with van der Waals surface area (Å²) in [6, 6.07) is 7.73. The highest BCUT2D eigenvalue weighted by atomic mass is 35.5. The number of hydrogen-bond acceptors (Lipinski definition) is 5. The lowest BCUT2D eigenvalue weighted by Crippen LogP contribution is -2.40. The second-order valence-corrected chi connectivity index (χ2v) is 13.5. The number of halogens is 1. The fourth-order valence-corrected chi connectivity index (χ4v) is 7.54. The standard InChI is InChI=1S/C28H33ClN4O3S/c1-4-37(35,36)33-11-7-9-20(18-33)24-14-30-15-25(31-24)26-21(12-22(29)13-28(26,2)3)17-32-16-19-8-5-6-10-23(19)27(32)34/h5-6,8,10,12-15,20,26H,4,7,9,11,16-18H2,1-3H3. The lowest BCUT2D eigenvalue weighted by Gasteiger charge is -2.38. The van der Waals surface area contributed by atoms with Gasteiger partial charge in [0.15, 0.2) is 0 Å². The molecule has 0 N–H and O–H groups in total. The van der Waals surface area contributed by atoms with Gasteiger partial charge in [-0.05, 0) is 48.5 Å². The average Bonchev–Trinajstić information content (AvgIpc) is 3.18. The molecule has 7 nitrogen and oxygen atoms in total. The summed E-state index contributed by atoms with van der Waals surface area (Å²) in [6.45, 7) is 7.92. The van der Waals surface area contributed by atoms with Crippen molar-refractivity contribution in [2.75, 3.05) is 25.4 Å². The first-order valence-electron chi connectivity index (χ1n) is 12.8. The molecule has 3 heterocycles. The normalized spacial score (nSPS) is 24.0. The third-order valence-corrected chi connectivity index (χ3v) is 9.81. The Kier molecular flexibility index (Phi) is 7.02. The van der Waals surface area contributed by atoms with E-state index in [1.165, 1.54) is 0 Å². The van der Waals surface area contributed by atoms with E-state index in [0.717, 1.165) is 40.9 Å². The molecule has 2 unspecified atom stereocenters. The van der Waals surface area contributed by atoms with E-state index in [9.17, 15) is 13.2 Å². The van der Waals surface area contributed by atoms with Crippen LogP contribution < -0.4 is 0 Å². The number of aromatic nitrogens is 2. The minimum absolute atomic E-state index is 0.00422. The third kappa shape index (κ3) is 5.11. The van der Waals surface area contributed by atoms with Crippen molar-refractivity contribution >= 4 is 27.5 Å². The van der Waals surface area contributed by atoms with E-state index < -0.39 is 10.0 Å². The zero-order valence-corrected chi connectivity index (χ0v) is 23.1. The number of rotatable bonds is 6. The van der Waals surface area contributed by atoms with Gasteiger partial charge in [-0.15, -0.1) is 0 Å². The number of hydrogen-bond donors (Lipinski definition) is 0. The molecule has 9 heteroatoms. The lowest BCUT2D eigenvalue weighted by atomic mass is 9.70. The van der Waals surface area contributed by atoms with E-state index in [4.69, 9.17) is 16.6 Å². The molecule has 2 aliphatic heterocycles. The van der Waals surface area contributed by atoms with Crippen molar-refractivity contribution in [2.24, 2.45) is 5.41 Å². The topological polar surface area (TPSA) is 83.5 Å². The Morgan fingerprint density at radius 2 is 1.92 bits per heavy atom. The van der Waals surface area contributed by atoms with Crippen LogP contribution in [0.2, 0.25) is 0 Å². The van der Waals surface area contributed by atoms with Crippen LogP contribution in [0.15, 0.2) is 59.4 Å². The van der Waals surface area contributed by atoms with Crippen LogP contribution in [0.25, 0.3) is 0 Å². The number of benzene rings is 1. The lowest BCUT2D eigenvalue weighted by molar-refractivity contribution is 0.0788. The first kappa shape index (κ1) is 26.1. The number of sulfonamides is 1. The van der Waals surface area contributed by atoms with Gasteiger partial charge in [-0.1, -0.05) is 49.7 Å². The highest BCUT2D eigenvalue weighted by Crippen LogP contribution is 2.47. The molecule has 0 bridgehead atoms. The second-order valence-electron chi connectivity index (χ2n) is 10.8. The predicted molar refractivity (Wildman–Crippen MR) is 145 cm³/mol. The van der Waals surface area contributed by atoms with Gasteiger partial charge in [-0.2, -0.15) is 0 Å². The van der Waals surface area contributed by atoms with Crippen molar-refractivity contribution in [1.29, 1.82) is 0 Å². The predicted octanol–water partition coefficient (Wildman–Crippen LogP) is 4.83. The van der Waals surface area contributed by atoms with E-state index >= 15 is 0 Å². The van der Waals surface area contributed by atoms with Crippen molar-refractivity contribution in [2.45, 2.75) is 52.0 Å². The Hall–Kier alpha value is -2.55. The van der Waals surface area contributed by atoms with Crippen LogP contribution in [0, 0.1) is 5.41 Å². The Bertz CT molecular complexity index is 1390. The smallest absolute Gasteiger partial charge is 0.254 e. The van der Waals surface area contributed by atoms with Crippen LogP contribution in [0.1, 0.15) is 72.8 Å². The summed E-state index contributed by atoms with van der Waals surface area (Å²) in [5.74, 6) is -0.00587. The Balaban J connectivity index is 1.44. The van der Waals surface area contributed by atoms with Gasteiger partial charge in [-0.25, -0.2) is 12.7 Å². The van der Waals surface area contributed by atoms with Gasteiger partial charge in [0.2, 0.25) is 10.0 Å². The molecule has 5 rings (SSSR count). The van der Waals surface area contributed by atoms with Crippen molar-refractivity contribution in [3.63, 3.8) is 0 Å². The summed E-state index contributed by atoms with van der Waals surface area (Å²) >= 11 is 6.57. The van der Waals surface area contributed by atoms with Crippen LogP contribution in [0.5, 0.6) is 0 Å². The maximum atomic E-state index is 13.1. The van der Waals surface area contributed by atoms with Crippen LogP contribution >= 0.6 is 11.6 Å². The fourth-order valence-electron chi connectivity index (χ4n) is 5.94. The highest BCUT2D eigenvalue weighted by Gasteiger charge is 2.39. The maximum Gasteiger partial charge on any atom is 0.254 e. The minimum Gasteiger partial charge on any atom is -0.330 e. The molecule has 2 atom stereocenters. The molecule has 0 spiro atoms. The molecule has 1 aromatic heterocycles. The van der Waals surface area contributed by atoms with E-state index in [0.29, 0.717) is 31.2 Å². The zero-order valence-electron chi connectivity index (χ0n) is 21.5. The van der Waals surface area contributed by atoms with Gasteiger partial charge in [0.25, 0.3) is 5.91 Å². The van der Waals surface area contributed by atoms with E-state index in [-0.39, 0.29) is 28.9 Å². The van der Waals surface area contributed by atoms with E-state index in [1.807, 2.05) is 41.3 Å². The molecule has 1 aromatic carbocycles. The molecule has 1 fully saturated rings. The molecule has 196 valence electrons. The molecule has 1 aliphatic carbocycles. The van der Waals surface area contributed by atoms with Crippen molar-refractivity contribution in [1.82, 2.24) is 19.2 Å². The van der Waals surface area contributed by atoms with Gasteiger partial charge in [0.1, 0.15) is 0 Å². The molecule has 1 saturated heterocycles. The zero-order chi connectivity index (χ0) is 26.4. The summed E-state index contributed by atoms with van der Waals surface area (Å²) < 4.78 is 26.6. The van der Waals surface area contributed by atoms with Crippen molar-refractivity contribution < 1.29 is 13.2 Å². The van der Waals surface area contributed by atoms with Gasteiger partial charge in [-0.3, -0.25) is 14.8 Å². The number of carbonyl (C=O) groups is 1. The summed E-state index contributed by atoms with van der Waals surface area (Å²) in [5, 5.41) is 0.650. The molecule has 0 saturated carbocycles. The summed E-state index contributed by atoms with van der Waals surface area (Å²) in [7, 11) is -3.25. The van der Waals surface area contributed by atoms with Gasteiger partial charge < -0.3 is 4.90 Å². The number of carbonyl (C=O) groups excluding carboxylic acids is 1. The number of fused-ring (bicyclic) bond motifs is 1. The summed E-state index contributed by atoms with van der Waals surface area (Å²) in [4.78, 5) is 24.6. The molecule has 1 amide bonds. The third-order valence-electron chi connectivity index (χ3n) is 7.75. The second kappa shape index (κ2) is 9.97. The SMILES string of the molecule is CCS(=O)(=O)N1CCCC(c2cncc(C3C(CN4Cc5ccccc5C4=O)=CC(Cl)=CC3(C)C)n2)C1. The minimum atomic E-state index is -3.25. The number of amides is 1. The van der Waals surface area contributed by atoms with E-state index in [2.05, 4.69) is 18.8 Å². The Morgan fingerprint density at radius 1 is 1.16 bits per heavy atom. The van der Waals surface area contributed by atoms with Crippen molar-refractivity contribution in [3.05, 3.63) is 81.9 Å². The quantitative estimate of drug-likeness (QED) is 0.524. The van der Waals surface area contributed by atoms with Crippen LogP contribution in [0.3, 0.4) is 0 Å². The molecule has 3 aliphatic rings. The Labute approximate surface area is 224 Å². The fraction of sp³-hybridized carbons (Fsp3) is 0.464. The Morgan fingerprint density at radius 3 is 2.68 bits per heavy atom. The molecule has 2 aromatic rings. The van der Waals surface area contributed by atoms with Gasteiger partial charge >= 0.3 is 0 Å². The van der Waals surface area contributed by atoms with Crippen molar-refractivity contribution in [3.8, 4) is 0 Å². The van der Waals surface area contributed by atoms with Gasteiger partial charge in [0, 0.05) is 61.0 Å². The monoisotopic (exact) mass is 540 g/mol. The van der Waals surface area contributed by atoms with Crippen LogP contribution in [-0.2, 0) is 16.6 Å². The van der Waals surface area contributed by atoms with E-state index in [1.54, 1.807) is 23.6 Å². The molecular weight excluding hydrogens is 508 g/mol. The number of nitrogens with zero attached hydrogens (tertiary/aromatic N) is 4. The first-order valence-corrected chi connectivity index (χ1v) is 14.8. The average molecular weight is 541 g/mol. The molecule has 0 radical (unpaired) electrons. The summed E-state index contributed by atoms with van der Waals surface area (Å²) in [5.41, 5.74) is 4.08. The highest BCUT2D eigenvalue weighted by molar-refractivity contribution is 7.89. The largest absolute Gasteiger partial charge is 0.330 e. The van der Waals surface area contributed by atoms with Crippen LogP contribution in [-0.4, -0.2) is 58.9 Å². The number of piperidine rings is 1.